The van der Waals surface area contributed by atoms with E-state index in [1.54, 1.807) is 13.8 Å². The van der Waals surface area contributed by atoms with Crippen molar-refractivity contribution < 1.29 is 14.0 Å². The number of nitrogens with one attached hydrogen (secondary N) is 1. The molecular weight excluding hydrogens is 271 g/mol. The highest BCUT2D eigenvalue weighted by Crippen LogP contribution is 2.24. The Morgan fingerprint density at radius 2 is 2.11 bits per heavy atom. The van der Waals surface area contributed by atoms with Crippen LogP contribution in [0.15, 0.2) is 18.2 Å². The number of carbonyl (C=O) groups is 2. The molecule has 19 heavy (non-hydrogen) atoms. The van der Waals surface area contributed by atoms with Crippen molar-refractivity contribution in [1.29, 1.82) is 0 Å². The van der Waals surface area contributed by atoms with E-state index >= 15 is 0 Å². The molecule has 6 heteroatoms. The molecule has 2 rings (SSSR count). The number of hydrogen-bond donors (Lipinski definition) is 1. The van der Waals surface area contributed by atoms with Gasteiger partial charge in [-0.15, -0.1) is 0 Å². The van der Waals surface area contributed by atoms with Gasteiger partial charge in [0.2, 0.25) is 11.8 Å². The molecular formula is C13H14ClFN2O2. The van der Waals surface area contributed by atoms with Crippen molar-refractivity contribution in [3.63, 3.8) is 0 Å². The number of nitrogens with zero attached hydrogens (tertiary/aromatic N) is 1. The van der Waals surface area contributed by atoms with Crippen molar-refractivity contribution in [2.75, 3.05) is 6.54 Å². The fourth-order valence-corrected chi connectivity index (χ4v) is 2.22. The Hall–Kier alpha value is -1.62. The fraction of sp³-hybridized carbons (Fsp3) is 0.385. The van der Waals surface area contributed by atoms with Gasteiger partial charge in [-0.05, 0) is 32.0 Å². The van der Waals surface area contributed by atoms with Gasteiger partial charge in [-0.2, -0.15) is 0 Å². The summed E-state index contributed by atoms with van der Waals surface area (Å²) in [4.78, 5) is 25.1. The molecule has 1 fully saturated rings. The molecule has 0 aromatic heterocycles. The molecule has 1 aliphatic heterocycles. The molecule has 1 saturated heterocycles. The first-order chi connectivity index (χ1) is 8.82. The number of hydrogen-bond acceptors (Lipinski definition) is 2. The lowest BCUT2D eigenvalue weighted by Gasteiger charge is -2.41. The summed E-state index contributed by atoms with van der Waals surface area (Å²) in [5.74, 6) is -0.947. The summed E-state index contributed by atoms with van der Waals surface area (Å²) in [6.07, 6.45) is 0. The van der Waals surface area contributed by atoms with E-state index in [-0.39, 0.29) is 24.9 Å². The molecule has 1 aliphatic rings. The zero-order valence-corrected chi connectivity index (χ0v) is 11.4. The Morgan fingerprint density at radius 3 is 2.79 bits per heavy atom. The SMILES string of the molecule is CC1(C)C(=O)NCC(=O)N1Cc1cc(Cl)ccc1F. The molecule has 1 N–H and O–H groups in total. The first-order valence-electron chi connectivity index (χ1n) is 5.85. The third-order valence-corrected chi connectivity index (χ3v) is 3.50. The van der Waals surface area contributed by atoms with Gasteiger partial charge in [0.15, 0.2) is 0 Å². The van der Waals surface area contributed by atoms with E-state index in [2.05, 4.69) is 5.32 Å². The van der Waals surface area contributed by atoms with Gasteiger partial charge in [0.1, 0.15) is 11.4 Å². The van der Waals surface area contributed by atoms with Gasteiger partial charge < -0.3 is 10.2 Å². The van der Waals surface area contributed by atoms with Gasteiger partial charge in [0.25, 0.3) is 0 Å². The summed E-state index contributed by atoms with van der Waals surface area (Å²) >= 11 is 5.82. The number of rotatable bonds is 2. The minimum Gasteiger partial charge on any atom is -0.345 e. The molecule has 0 bridgehead atoms. The van der Waals surface area contributed by atoms with Crippen LogP contribution in [0.3, 0.4) is 0 Å². The molecule has 0 aliphatic carbocycles. The smallest absolute Gasteiger partial charge is 0.245 e. The second-order valence-corrected chi connectivity index (χ2v) is 5.39. The zero-order valence-electron chi connectivity index (χ0n) is 10.7. The van der Waals surface area contributed by atoms with Crippen LogP contribution in [0.25, 0.3) is 0 Å². The predicted octanol–water partition coefficient (Wildman–Crippen LogP) is 1.72. The second-order valence-electron chi connectivity index (χ2n) is 4.96. The lowest BCUT2D eigenvalue weighted by molar-refractivity contribution is -0.152. The average Bonchev–Trinajstić information content (AvgIpc) is 2.34. The number of benzene rings is 1. The Balaban J connectivity index is 2.32. The zero-order chi connectivity index (χ0) is 14.2. The van der Waals surface area contributed by atoms with E-state index in [0.717, 1.165) is 0 Å². The standard InChI is InChI=1S/C13H14ClFN2O2/c1-13(2)12(19)16-6-11(18)17(13)7-8-5-9(14)3-4-10(8)15/h3-5H,6-7H2,1-2H3,(H,16,19). The van der Waals surface area contributed by atoms with Gasteiger partial charge >= 0.3 is 0 Å². The summed E-state index contributed by atoms with van der Waals surface area (Å²) in [5.41, 5.74) is -0.715. The largest absolute Gasteiger partial charge is 0.345 e. The van der Waals surface area contributed by atoms with Crippen LogP contribution in [0.2, 0.25) is 5.02 Å². The summed E-state index contributed by atoms with van der Waals surface area (Å²) in [6.45, 7) is 3.21. The molecule has 1 aromatic carbocycles. The highest BCUT2D eigenvalue weighted by atomic mass is 35.5. The topological polar surface area (TPSA) is 49.4 Å². The van der Waals surface area contributed by atoms with Crippen molar-refractivity contribution >= 4 is 23.4 Å². The van der Waals surface area contributed by atoms with E-state index in [0.29, 0.717) is 10.6 Å². The Labute approximate surface area is 115 Å². The lowest BCUT2D eigenvalue weighted by Crippen LogP contribution is -2.63. The highest BCUT2D eigenvalue weighted by Gasteiger charge is 2.41. The van der Waals surface area contributed by atoms with Crippen LogP contribution in [-0.4, -0.2) is 28.8 Å². The first-order valence-corrected chi connectivity index (χ1v) is 6.23. The third kappa shape index (κ3) is 2.56. The van der Waals surface area contributed by atoms with Crippen LogP contribution in [0, 0.1) is 5.82 Å². The highest BCUT2D eigenvalue weighted by molar-refractivity contribution is 6.30. The predicted molar refractivity (Wildman–Crippen MR) is 69.0 cm³/mol. The summed E-state index contributed by atoms with van der Waals surface area (Å²) in [6, 6.07) is 4.15. The van der Waals surface area contributed by atoms with Crippen molar-refractivity contribution in [2.24, 2.45) is 0 Å². The Morgan fingerprint density at radius 1 is 1.42 bits per heavy atom. The van der Waals surface area contributed by atoms with Crippen LogP contribution in [0.4, 0.5) is 4.39 Å². The van der Waals surface area contributed by atoms with Gasteiger partial charge in [-0.1, -0.05) is 11.6 Å². The van der Waals surface area contributed by atoms with E-state index in [4.69, 9.17) is 11.6 Å². The first kappa shape index (κ1) is 13.8. The van der Waals surface area contributed by atoms with Crippen molar-refractivity contribution in [1.82, 2.24) is 10.2 Å². The maximum Gasteiger partial charge on any atom is 0.245 e. The minimum absolute atomic E-state index is 0.0195. The molecule has 0 spiro atoms. The van der Waals surface area contributed by atoms with Crippen molar-refractivity contribution in [3.05, 3.63) is 34.6 Å². The van der Waals surface area contributed by atoms with Crippen LogP contribution in [0.1, 0.15) is 19.4 Å². The molecule has 1 aromatic rings. The van der Waals surface area contributed by atoms with Gasteiger partial charge in [-0.25, -0.2) is 4.39 Å². The van der Waals surface area contributed by atoms with Crippen LogP contribution in [-0.2, 0) is 16.1 Å². The second kappa shape index (κ2) is 4.81. The summed E-state index contributed by atoms with van der Waals surface area (Å²) < 4.78 is 13.7. The van der Waals surface area contributed by atoms with Crippen LogP contribution < -0.4 is 5.32 Å². The van der Waals surface area contributed by atoms with Crippen molar-refractivity contribution in [3.8, 4) is 0 Å². The van der Waals surface area contributed by atoms with E-state index in [1.165, 1.54) is 23.1 Å². The molecule has 4 nitrogen and oxygen atoms in total. The fourth-order valence-electron chi connectivity index (χ4n) is 2.02. The van der Waals surface area contributed by atoms with E-state index < -0.39 is 11.4 Å². The molecule has 102 valence electrons. The molecule has 0 unspecified atom stereocenters. The number of amides is 2. The van der Waals surface area contributed by atoms with Gasteiger partial charge in [-0.3, -0.25) is 9.59 Å². The van der Waals surface area contributed by atoms with Gasteiger partial charge in [0, 0.05) is 17.1 Å². The van der Waals surface area contributed by atoms with Crippen LogP contribution >= 0.6 is 11.6 Å². The quantitative estimate of drug-likeness (QED) is 0.899. The van der Waals surface area contributed by atoms with Gasteiger partial charge in [0.05, 0.1) is 6.54 Å². The Kier molecular flexibility index (Phi) is 3.49. The lowest BCUT2D eigenvalue weighted by atomic mass is 9.97. The summed E-state index contributed by atoms with van der Waals surface area (Å²) in [7, 11) is 0. The number of carbonyl (C=O) groups excluding carboxylic acids is 2. The Bertz CT molecular complexity index is 545. The van der Waals surface area contributed by atoms with E-state index in [1.807, 2.05) is 0 Å². The normalized spacial score (nSPS) is 18.4. The molecule has 2 amide bonds. The summed E-state index contributed by atoms with van der Waals surface area (Å²) in [5, 5.41) is 2.91. The molecule has 1 heterocycles. The monoisotopic (exact) mass is 284 g/mol. The molecule has 0 saturated carbocycles. The average molecular weight is 285 g/mol. The number of halogens is 2. The molecule has 0 atom stereocenters. The third-order valence-electron chi connectivity index (χ3n) is 3.27. The van der Waals surface area contributed by atoms with Crippen molar-refractivity contribution in [2.45, 2.75) is 25.9 Å². The minimum atomic E-state index is -1.01. The van der Waals surface area contributed by atoms with Crippen LogP contribution in [0.5, 0.6) is 0 Å². The number of piperazine rings is 1. The van der Waals surface area contributed by atoms with E-state index in [9.17, 15) is 14.0 Å². The maximum atomic E-state index is 13.7. The maximum absolute atomic E-state index is 13.7. The molecule has 0 radical (unpaired) electrons.